The fourth-order valence-electron chi connectivity index (χ4n) is 2.77. The van der Waals surface area contributed by atoms with Gasteiger partial charge in [0.1, 0.15) is 6.04 Å². The summed E-state index contributed by atoms with van der Waals surface area (Å²) in [6.45, 7) is 0.549. The SMILES string of the molecule is COC(=O)CC1C(=O)Nc2ccccc2N1Cc1ccccc1. The number of nitrogens with zero attached hydrogens (tertiary/aromatic N) is 1. The van der Waals surface area contributed by atoms with Gasteiger partial charge in [-0.05, 0) is 17.7 Å². The number of para-hydroxylation sites is 2. The number of anilines is 2. The summed E-state index contributed by atoms with van der Waals surface area (Å²) in [5, 5.41) is 2.87. The third-order valence-electron chi connectivity index (χ3n) is 3.93. The molecule has 2 aromatic rings. The van der Waals surface area contributed by atoms with Crippen LogP contribution in [-0.2, 0) is 20.9 Å². The molecule has 1 N–H and O–H groups in total. The lowest BCUT2D eigenvalue weighted by atomic mass is 10.0. The lowest BCUT2D eigenvalue weighted by Gasteiger charge is -2.37. The molecule has 1 atom stereocenters. The van der Waals surface area contributed by atoms with Crippen LogP contribution in [0.25, 0.3) is 0 Å². The van der Waals surface area contributed by atoms with Crippen molar-refractivity contribution in [2.24, 2.45) is 0 Å². The van der Waals surface area contributed by atoms with Crippen LogP contribution in [0.4, 0.5) is 11.4 Å². The molecule has 1 unspecified atom stereocenters. The standard InChI is InChI=1S/C18H18N2O3/c1-23-17(21)11-16-18(22)19-14-9-5-6-10-15(14)20(16)12-13-7-3-2-4-8-13/h2-10,16H,11-12H2,1H3,(H,19,22). The van der Waals surface area contributed by atoms with E-state index in [9.17, 15) is 9.59 Å². The Morgan fingerprint density at radius 2 is 1.83 bits per heavy atom. The van der Waals surface area contributed by atoms with Crippen LogP contribution in [0.3, 0.4) is 0 Å². The van der Waals surface area contributed by atoms with E-state index in [0.717, 1.165) is 16.9 Å². The van der Waals surface area contributed by atoms with Crippen molar-refractivity contribution < 1.29 is 14.3 Å². The molecule has 5 nitrogen and oxygen atoms in total. The zero-order valence-electron chi connectivity index (χ0n) is 12.9. The van der Waals surface area contributed by atoms with Gasteiger partial charge in [-0.1, -0.05) is 42.5 Å². The minimum absolute atomic E-state index is 0.0174. The quantitative estimate of drug-likeness (QED) is 0.882. The van der Waals surface area contributed by atoms with Gasteiger partial charge in [0.15, 0.2) is 0 Å². The Labute approximate surface area is 134 Å². The van der Waals surface area contributed by atoms with Crippen LogP contribution in [0.15, 0.2) is 54.6 Å². The van der Waals surface area contributed by atoms with Gasteiger partial charge in [-0.25, -0.2) is 0 Å². The summed E-state index contributed by atoms with van der Waals surface area (Å²) in [6, 6.07) is 16.9. The molecule has 2 aromatic carbocycles. The summed E-state index contributed by atoms with van der Waals surface area (Å²) in [6.07, 6.45) is 0.0174. The molecular formula is C18H18N2O3. The third kappa shape index (κ3) is 3.18. The fourth-order valence-corrected chi connectivity index (χ4v) is 2.77. The van der Waals surface area contributed by atoms with Crippen molar-refractivity contribution in [1.82, 2.24) is 0 Å². The van der Waals surface area contributed by atoms with Crippen molar-refractivity contribution in [1.29, 1.82) is 0 Å². The van der Waals surface area contributed by atoms with Crippen molar-refractivity contribution in [3.8, 4) is 0 Å². The van der Waals surface area contributed by atoms with Crippen LogP contribution in [-0.4, -0.2) is 25.0 Å². The Morgan fingerprint density at radius 3 is 2.57 bits per heavy atom. The van der Waals surface area contributed by atoms with Crippen LogP contribution in [0.1, 0.15) is 12.0 Å². The zero-order chi connectivity index (χ0) is 16.2. The van der Waals surface area contributed by atoms with E-state index in [4.69, 9.17) is 4.74 Å². The maximum absolute atomic E-state index is 12.4. The summed E-state index contributed by atoms with van der Waals surface area (Å²) >= 11 is 0. The minimum Gasteiger partial charge on any atom is -0.469 e. The zero-order valence-corrected chi connectivity index (χ0v) is 12.9. The first-order valence-corrected chi connectivity index (χ1v) is 7.46. The lowest BCUT2D eigenvalue weighted by Crippen LogP contribution is -2.48. The number of amides is 1. The molecule has 0 bridgehead atoms. The summed E-state index contributed by atoms with van der Waals surface area (Å²) in [5.74, 6) is -0.590. The monoisotopic (exact) mass is 310 g/mol. The highest BCUT2D eigenvalue weighted by molar-refractivity contribution is 6.05. The summed E-state index contributed by atoms with van der Waals surface area (Å²) in [4.78, 5) is 26.1. The van der Waals surface area contributed by atoms with Gasteiger partial charge in [0, 0.05) is 6.54 Å². The van der Waals surface area contributed by atoms with Gasteiger partial charge in [-0.15, -0.1) is 0 Å². The lowest BCUT2D eigenvalue weighted by molar-refractivity contribution is -0.142. The second kappa shape index (κ2) is 6.52. The number of fused-ring (bicyclic) bond motifs is 1. The largest absolute Gasteiger partial charge is 0.469 e. The first-order chi connectivity index (χ1) is 11.2. The number of nitrogens with one attached hydrogen (secondary N) is 1. The molecule has 5 heteroatoms. The van der Waals surface area contributed by atoms with Crippen LogP contribution in [0.2, 0.25) is 0 Å². The van der Waals surface area contributed by atoms with Crippen molar-refractivity contribution in [2.45, 2.75) is 19.0 Å². The molecule has 0 aliphatic carbocycles. The molecule has 1 amide bonds. The van der Waals surface area contributed by atoms with Crippen molar-refractivity contribution in [3.63, 3.8) is 0 Å². The molecule has 0 spiro atoms. The number of hydrogen-bond donors (Lipinski definition) is 1. The van der Waals surface area contributed by atoms with Gasteiger partial charge in [0.05, 0.1) is 24.9 Å². The van der Waals surface area contributed by atoms with E-state index in [-0.39, 0.29) is 12.3 Å². The van der Waals surface area contributed by atoms with E-state index >= 15 is 0 Å². The second-order valence-corrected chi connectivity index (χ2v) is 5.42. The molecule has 0 fully saturated rings. The molecule has 0 radical (unpaired) electrons. The van der Waals surface area contributed by atoms with Gasteiger partial charge in [-0.2, -0.15) is 0 Å². The number of carbonyl (C=O) groups excluding carboxylic acids is 2. The average Bonchev–Trinajstić information content (AvgIpc) is 2.58. The van der Waals surface area contributed by atoms with E-state index in [1.807, 2.05) is 59.5 Å². The van der Waals surface area contributed by atoms with E-state index < -0.39 is 12.0 Å². The molecule has 3 rings (SSSR count). The van der Waals surface area contributed by atoms with Crippen molar-refractivity contribution >= 4 is 23.3 Å². The number of rotatable bonds is 4. The first kappa shape index (κ1) is 15.1. The molecule has 0 saturated heterocycles. The van der Waals surface area contributed by atoms with Crippen molar-refractivity contribution in [2.75, 3.05) is 17.3 Å². The minimum atomic E-state index is -0.586. The Bertz CT molecular complexity index is 715. The van der Waals surface area contributed by atoms with Gasteiger partial charge >= 0.3 is 5.97 Å². The third-order valence-corrected chi connectivity index (χ3v) is 3.93. The molecule has 1 heterocycles. The molecular weight excluding hydrogens is 292 g/mol. The fraction of sp³-hybridized carbons (Fsp3) is 0.222. The van der Waals surface area contributed by atoms with Gasteiger partial charge in [0.25, 0.3) is 0 Å². The Balaban J connectivity index is 1.97. The Hall–Kier alpha value is -2.82. The molecule has 23 heavy (non-hydrogen) atoms. The number of carbonyl (C=O) groups is 2. The van der Waals surface area contributed by atoms with Gasteiger partial charge < -0.3 is 15.0 Å². The highest BCUT2D eigenvalue weighted by Gasteiger charge is 2.34. The van der Waals surface area contributed by atoms with Crippen LogP contribution >= 0.6 is 0 Å². The summed E-state index contributed by atoms with van der Waals surface area (Å²) in [7, 11) is 1.33. The van der Waals surface area contributed by atoms with Gasteiger partial charge in [0.2, 0.25) is 5.91 Å². The van der Waals surface area contributed by atoms with Gasteiger partial charge in [-0.3, -0.25) is 9.59 Å². The Morgan fingerprint density at radius 1 is 1.13 bits per heavy atom. The maximum atomic E-state index is 12.4. The average molecular weight is 310 g/mol. The molecule has 1 aliphatic heterocycles. The molecule has 1 aliphatic rings. The van der Waals surface area contributed by atoms with E-state index in [2.05, 4.69) is 5.32 Å². The maximum Gasteiger partial charge on any atom is 0.308 e. The number of benzene rings is 2. The normalized spacial score (nSPS) is 16.5. The highest BCUT2D eigenvalue weighted by Crippen LogP contribution is 2.34. The van der Waals surface area contributed by atoms with E-state index in [0.29, 0.717) is 6.54 Å². The Kier molecular flexibility index (Phi) is 4.28. The second-order valence-electron chi connectivity index (χ2n) is 5.42. The topological polar surface area (TPSA) is 58.6 Å². The number of esters is 1. The van der Waals surface area contributed by atoms with Crippen LogP contribution in [0.5, 0.6) is 0 Å². The number of ether oxygens (including phenoxy) is 1. The predicted octanol–water partition coefficient (Wildman–Crippen LogP) is 2.58. The highest BCUT2D eigenvalue weighted by atomic mass is 16.5. The first-order valence-electron chi connectivity index (χ1n) is 7.46. The predicted molar refractivity (Wildman–Crippen MR) is 88.1 cm³/mol. The van der Waals surface area contributed by atoms with Crippen LogP contribution in [0, 0.1) is 0 Å². The summed E-state index contributed by atoms with van der Waals surface area (Å²) < 4.78 is 4.74. The van der Waals surface area contributed by atoms with E-state index in [1.54, 1.807) is 0 Å². The molecule has 0 saturated carbocycles. The number of hydrogen-bond acceptors (Lipinski definition) is 4. The summed E-state index contributed by atoms with van der Waals surface area (Å²) in [5.41, 5.74) is 2.74. The van der Waals surface area contributed by atoms with E-state index in [1.165, 1.54) is 7.11 Å². The smallest absolute Gasteiger partial charge is 0.308 e. The molecule has 0 aromatic heterocycles. The number of methoxy groups -OCH3 is 1. The van der Waals surface area contributed by atoms with Crippen LogP contribution < -0.4 is 10.2 Å². The molecule has 118 valence electrons. The van der Waals surface area contributed by atoms with Crippen molar-refractivity contribution in [3.05, 3.63) is 60.2 Å².